The summed E-state index contributed by atoms with van der Waals surface area (Å²) in [5.41, 5.74) is 2.08. The first-order valence-corrected chi connectivity index (χ1v) is 9.29. The third-order valence-corrected chi connectivity index (χ3v) is 5.47. The Balaban J connectivity index is 1.66. The number of hydrogen-bond donors (Lipinski definition) is 2. The molecule has 22 heavy (non-hydrogen) atoms. The highest BCUT2D eigenvalue weighted by atomic mass is 32.2. The molecule has 5 heteroatoms. The zero-order valence-electron chi connectivity index (χ0n) is 12.7. The van der Waals surface area contributed by atoms with E-state index < -0.39 is 0 Å². The van der Waals surface area contributed by atoms with E-state index >= 15 is 0 Å². The topological polar surface area (TPSA) is 49.3 Å². The fraction of sp³-hybridized carbons (Fsp3) is 0.353. The minimum Gasteiger partial charge on any atom is -0.392 e. The van der Waals surface area contributed by atoms with Crippen molar-refractivity contribution in [1.82, 2.24) is 5.32 Å². The quantitative estimate of drug-likeness (QED) is 0.778. The number of carbonyl (C=O) groups excluding carboxylic acids is 1. The van der Waals surface area contributed by atoms with Crippen molar-refractivity contribution >= 4 is 29.0 Å². The highest BCUT2D eigenvalue weighted by Gasteiger charge is 2.04. The van der Waals surface area contributed by atoms with Gasteiger partial charge >= 0.3 is 0 Å². The van der Waals surface area contributed by atoms with Gasteiger partial charge in [0.1, 0.15) is 0 Å². The molecule has 1 heterocycles. The zero-order valence-corrected chi connectivity index (χ0v) is 14.3. The molecule has 0 saturated heterocycles. The first kappa shape index (κ1) is 17.1. The van der Waals surface area contributed by atoms with Gasteiger partial charge in [0.25, 0.3) is 0 Å². The van der Waals surface area contributed by atoms with Crippen LogP contribution in [0.3, 0.4) is 0 Å². The third-order valence-electron chi connectivity index (χ3n) is 3.23. The van der Waals surface area contributed by atoms with Crippen LogP contribution in [0.1, 0.15) is 27.8 Å². The van der Waals surface area contributed by atoms with Crippen molar-refractivity contribution in [2.45, 2.75) is 32.2 Å². The van der Waals surface area contributed by atoms with Crippen molar-refractivity contribution in [3.63, 3.8) is 0 Å². The molecule has 1 amide bonds. The van der Waals surface area contributed by atoms with Crippen LogP contribution in [0, 0.1) is 0 Å². The fourth-order valence-electron chi connectivity index (χ4n) is 1.95. The molecule has 0 unspecified atom stereocenters. The number of aryl methyl sites for hydroxylation is 1. The summed E-state index contributed by atoms with van der Waals surface area (Å²) < 4.78 is 0. The lowest BCUT2D eigenvalue weighted by Crippen LogP contribution is -2.24. The molecule has 0 bridgehead atoms. The Hall–Kier alpha value is -1.30. The molecule has 0 aliphatic carbocycles. The van der Waals surface area contributed by atoms with E-state index in [2.05, 4.69) is 24.4 Å². The number of amides is 1. The number of aliphatic hydroxyl groups excluding tert-OH is 1. The second-order valence-corrected chi connectivity index (χ2v) is 7.20. The molecule has 3 nitrogen and oxygen atoms in total. The summed E-state index contributed by atoms with van der Waals surface area (Å²) in [6.45, 7) is 2.82. The van der Waals surface area contributed by atoms with Crippen LogP contribution in [0.2, 0.25) is 0 Å². The average Bonchev–Trinajstić information content (AvgIpc) is 3.02. The summed E-state index contributed by atoms with van der Waals surface area (Å²) in [5, 5.41) is 11.9. The normalized spacial score (nSPS) is 10.6. The van der Waals surface area contributed by atoms with E-state index in [4.69, 9.17) is 5.11 Å². The molecule has 1 aromatic heterocycles. The van der Waals surface area contributed by atoms with Crippen LogP contribution in [0.15, 0.2) is 36.4 Å². The number of rotatable bonds is 8. The molecular formula is C17H21NO2S2. The number of thioether (sulfide) groups is 1. The molecule has 0 radical (unpaired) electrons. The SMILES string of the molecule is CCc1ccc(CNC(=O)CSCc2ccc(CO)cc2)s1. The van der Waals surface area contributed by atoms with Gasteiger partial charge in [0.2, 0.25) is 5.91 Å². The van der Waals surface area contributed by atoms with Crippen LogP contribution >= 0.6 is 23.1 Å². The summed E-state index contributed by atoms with van der Waals surface area (Å²) in [6.07, 6.45) is 1.05. The van der Waals surface area contributed by atoms with Crippen LogP contribution in [-0.2, 0) is 30.1 Å². The molecule has 0 aliphatic rings. The third kappa shape index (κ3) is 5.48. The summed E-state index contributed by atoms with van der Waals surface area (Å²) in [4.78, 5) is 14.4. The first-order chi connectivity index (χ1) is 10.7. The predicted molar refractivity (Wildman–Crippen MR) is 94.1 cm³/mol. The standard InChI is InChI=1S/C17H21NO2S2/c1-2-15-7-8-16(22-15)9-18-17(20)12-21-11-14-5-3-13(10-19)4-6-14/h3-8,19H,2,9-12H2,1H3,(H,18,20). The molecule has 0 fully saturated rings. The Morgan fingerprint density at radius 1 is 1.14 bits per heavy atom. The molecule has 2 rings (SSSR count). The van der Waals surface area contributed by atoms with Crippen molar-refractivity contribution in [1.29, 1.82) is 0 Å². The molecule has 0 atom stereocenters. The van der Waals surface area contributed by atoms with Crippen molar-refractivity contribution in [3.05, 3.63) is 57.3 Å². The van der Waals surface area contributed by atoms with E-state index in [1.54, 1.807) is 23.1 Å². The van der Waals surface area contributed by atoms with Crippen molar-refractivity contribution in [2.75, 3.05) is 5.75 Å². The van der Waals surface area contributed by atoms with Gasteiger partial charge in [-0.25, -0.2) is 0 Å². The largest absolute Gasteiger partial charge is 0.392 e. The Morgan fingerprint density at radius 3 is 2.45 bits per heavy atom. The van der Waals surface area contributed by atoms with Gasteiger partial charge in [0.05, 0.1) is 18.9 Å². The first-order valence-electron chi connectivity index (χ1n) is 7.32. The minimum absolute atomic E-state index is 0.0678. The van der Waals surface area contributed by atoms with Crippen molar-refractivity contribution in [2.24, 2.45) is 0 Å². The average molecular weight is 335 g/mol. The lowest BCUT2D eigenvalue weighted by Gasteiger charge is -2.05. The maximum atomic E-state index is 11.8. The number of thiophene rings is 1. The zero-order chi connectivity index (χ0) is 15.8. The van der Waals surface area contributed by atoms with E-state index in [1.165, 1.54) is 15.3 Å². The van der Waals surface area contributed by atoms with Gasteiger partial charge in [-0.05, 0) is 29.7 Å². The number of nitrogens with one attached hydrogen (secondary N) is 1. The molecule has 2 aromatic rings. The molecular weight excluding hydrogens is 314 g/mol. The lowest BCUT2D eigenvalue weighted by molar-refractivity contribution is -0.118. The summed E-state index contributed by atoms with van der Waals surface area (Å²) in [6, 6.07) is 12.0. The van der Waals surface area contributed by atoms with E-state index in [9.17, 15) is 4.79 Å². The van der Waals surface area contributed by atoms with Gasteiger partial charge in [-0.1, -0.05) is 31.2 Å². The van der Waals surface area contributed by atoms with E-state index in [0.717, 1.165) is 17.7 Å². The summed E-state index contributed by atoms with van der Waals surface area (Å²) >= 11 is 3.36. The number of benzene rings is 1. The highest BCUT2D eigenvalue weighted by Crippen LogP contribution is 2.17. The lowest BCUT2D eigenvalue weighted by atomic mass is 10.2. The van der Waals surface area contributed by atoms with Crippen LogP contribution in [0.4, 0.5) is 0 Å². The van der Waals surface area contributed by atoms with Crippen LogP contribution < -0.4 is 5.32 Å². The minimum atomic E-state index is 0.0678. The van der Waals surface area contributed by atoms with E-state index in [1.807, 2.05) is 24.3 Å². The van der Waals surface area contributed by atoms with Crippen molar-refractivity contribution in [3.8, 4) is 0 Å². The van der Waals surface area contributed by atoms with Gasteiger partial charge in [-0.2, -0.15) is 0 Å². The fourth-order valence-corrected chi connectivity index (χ4v) is 3.66. The smallest absolute Gasteiger partial charge is 0.230 e. The van der Waals surface area contributed by atoms with Gasteiger partial charge in [-0.15, -0.1) is 23.1 Å². The van der Waals surface area contributed by atoms with Gasteiger partial charge in [-0.3, -0.25) is 4.79 Å². The Bertz CT molecular complexity index is 593. The maximum Gasteiger partial charge on any atom is 0.230 e. The molecule has 0 aliphatic heterocycles. The van der Waals surface area contributed by atoms with Crippen LogP contribution in [0.5, 0.6) is 0 Å². The molecule has 0 spiro atoms. The number of aliphatic hydroxyl groups is 1. The highest BCUT2D eigenvalue weighted by molar-refractivity contribution is 7.99. The van der Waals surface area contributed by atoms with E-state index in [0.29, 0.717) is 12.3 Å². The molecule has 2 N–H and O–H groups in total. The van der Waals surface area contributed by atoms with Gasteiger partial charge < -0.3 is 10.4 Å². The van der Waals surface area contributed by atoms with Crippen LogP contribution in [-0.4, -0.2) is 16.8 Å². The summed E-state index contributed by atoms with van der Waals surface area (Å²) in [5.74, 6) is 1.34. The summed E-state index contributed by atoms with van der Waals surface area (Å²) in [7, 11) is 0. The van der Waals surface area contributed by atoms with Crippen LogP contribution in [0.25, 0.3) is 0 Å². The Morgan fingerprint density at radius 2 is 1.82 bits per heavy atom. The number of carbonyl (C=O) groups is 1. The number of hydrogen-bond acceptors (Lipinski definition) is 4. The Labute approximate surface area is 139 Å². The Kier molecular flexibility index (Phi) is 6.96. The van der Waals surface area contributed by atoms with Gasteiger partial charge in [0, 0.05) is 15.5 Å². The molecule has 0 saturated carbocycles. The predicted octanol–water partition coefficient (Wildman–Crippen LogP) is 3.35. The molecule has 1 aromatic carbocycles. The van der Waals surface area contributed by atoms with Crippen molar-refractivity contribution < 1.29 is 9.90 Å². The molecule has 118 valence electrons. The second-order valence-electron chi connectivity index (χ2n) is 4.97. The van der Waals surface area contributed by atoms with Gasteiger partial charge in [0.15, 0.2) is 0 Å². The monoisotopic (exact) mass is 335 g/mol. The van der Waals surface area contributed by atoms with E-state index in [-0.39, 0.29) is 12.5 Å². The second kappa shape index (κ2) is 8.98. The maximum absolute atomic E-state index is 11.8.